The molecule has 3 aromatic rings. The van der Waals surface area contributed by atoms with Crippen molar-refractivity contribution in [2.45, 2.75) is 13.0 Å². The number of ether oxygens (including phenoxy) is 2. The Morgan fingerprint density at radius 2 is 1.90 bits per heavy atom. The van der Waals surface area contributed by atoms with Crippen LogP contribution in [0, 0.1) is 6.92 Å². The number of hydrogen-bond acceptors (Lipinski definition) is 9. The first-order chi connectivity index (χ1) is 18.9. The SMILES string of the molecule is C=CC(=O)Nc1cc(Nc2ncc(Cl)c(Nc3ccccc3P(C)(C)=O)n2)c(C)cc1O[C@@H](COC)CN(C)C. The van der Waals surface area contributed by atoms with Gasteiger partial charge in [0.15, 0.2) is 5.82 Å². The van der Waals surface area contributed by atoms with Crippen molar-refractivity contribution in [2.75, 3.05) is 63.6 Å². The predicted molar refractivity (Wildman–Crippen MR) is 164 cm³/mol. The van der Waals surface area contributed by atoms with Crippen molar-refractivity contribution in [3.63, 3.8) is 0 Å². The number of halogens is 1. The van der Waals surface area contributed by atoms with Gasteiger partial charge >= 0.3 is 0 Å². The molecule has 0 unspecified atom stereocenters. The molecule has 1 atom stereocenters. The fourth-order valence-electron chi connectivity index (χ4n) is 3.90. The molecule has 0 aliphatic heterocycles. The van der Waals surface area contributed by atoms with Crippen molar-refractivity contribution in [2.24, 2.45) is 0 Å². The first kappa shape index (κ1) is 31.1. The van der Waals surface area contributed by atoms with E-state index >= 15 is 0 Å². The van der Waals surface area contributed by atoms with Gasteiger partial charge in [-0.2, -0.15) is 4.98 Å². The summed E-state index contributed by atoms with van der Waals surface area (Å²) < 4.78 is 24.4. The summed E-state index contributed by atoms with van der Waals surface area (Å²) in [5.74, 6) is 0.724. The van der Waals surface area contributed by atoms with Crippen LogP contribution in [0.15, 0.2) is 55.3 Å². The van der Waals surface area contributed by atoms with E-state index in [2.05, 4.69) is 32.5 Å². The Morgan fingerprint density at radius 1 is 1.18 bits per heavy atom. The number of amides is 1. The van der Waals surface area contributed by atoms with E-state index in [9.17, 15) is 9.36 Å². The number of rotatable bonds is 13. The van der Waals surface area contributed by atoms with Crippen molar-refractivity contribution < 1.29 is 18.8 Å². The van der Waals surface area contributed by atoms with Crippen LogP contribution >= 0.6 is 18.7 Å². The molecule has 0 aliphatic carbocycles. The van der Waals surface area contributed by atoms with E-state index in [4.69, 9.17) is 21.1 Å². The number of anilines is 5. The number of aromatic nitrogens is 2. The molecule has 12 heteroatoms. The van der Waals surface area contributed by atoms with E-state index in [-0.39, 0.29) is 18.0 Å². The van der Waals surface area contributed by atoms with E-state index in [1.807, 2.05) is 56.3 Å². The lowest BCUT2D eigenvalue weighted by molar-refractivity contribution is -0.111. The molecule has 0 radical (unpaired) electrons. The maximum Gasteiger partial charge on any atom is 0.247 e. The number of carbonyl (C=O) groups is 1. The van der Waals surface area contributed by atoms with Gasteiger partial charge < -0.3 is 34.9 Å². The summed E-state index contributed by atoms with van der Waals surface area (Å²) in [6.07, 6.45) is 2.39. The first-order valence-electron chi connectivity index (χ1n) is 12.5. The molecule has 1 aromatic heterocycles. The van der Waals surface area contributed by atoms with Crippen LogP contribution in [-0.4, -0.2) is 74.6 Å². The van der Waals surface area contributed by atoms with Crippen molar-refractivity contribution in [3.8, 4) is 5.75 Å². The molecular formula is C28H36ClN6O4P. The van der Waals surface area contributed by atoms with Gasteiger partial charge in [-0.25, -0.2) is 4.98 Å². The maximum absolute atomic E-state index is 12.8. The number of likely N-dealkylation sites (N-methyl/N-ethyl adjacent to an activating group) is 1. The predicted octanol–water partition coefficient (Wildman–Crippen LogP) is 5.25. The highest BCUT2D eigenvalue weighted by Gasteiger charge is 2.19. The Labute approximate surface area is 240 Å². The van der Waals surface area contributed by atoms with Gasteiger partial charge in [0.25, 0.3) is 0 Å². The average Bonchev–Trinajstić information content (AvgIpc) is 2.88. The number of para-hydroxylation sites is 1. The molecule has 214 valence electrons. The number of aryl methyl sites for hydroxylation is 1. The van der Waals surface area contributed by atoms with E-state index in [1.54, 1.807) is 26.5 Å². The molecule has 40 heavy (non-hydrogen) atoms. The highest BCUT2D eigenvalue weighted by Crippen LogP contribution is 2.39. The second kappa shape index (κ2) is 13.8. The minimum absolute atomic E-state index is 0.267. The molecule has 0 saturated heterocycles. The average molecular weight is 587 g/mol. The third-order valence-corrected chi connectivity index (χ3v) is 7.54. The summed E-state index contributed by atoms with van der Waals surface area (Å²) >= 11 is 6.40. The summed E-state index contributed by atoms with van der Waals surface area (Å²) in [7, 11) is 2.95. The van der Waals surface area contributed by atoms with Crippen molar-refractivity contribution in [1.29, 1.82) is 0 Å². The van der Waals surface area contributed by atoms with Crippen LogP contribution in [-0.2, 0) is 14.1 Å². The summed E-state index contributed by atoms with van der Waals surface area (Å²) in [4.78, 5) is 23.1. The molecule has 2 aromatic carbocycles. The van der Waals surface area contributed by atoms with Crippen molar-refractivity contribution in [1.82, 2.24) is 14.9 Å². The minimum atomic E-state index is -2.56. The Kier molecular flexibility index (Phi) is 10.7. The van der Waals surface area contributed by atoms with Gasteiger partial charge in [-0.05, 0) is 70.3 Å². The fourth-order valence-corrected chi connectivity index (χ4v) is 5.20. The van der Waals surface area contributed by atoms with Crippen LogP contribution in [0.1, 0.15) is 5.56 Å². The Bertz CT molecular complexity index is 1410. The quantitative estimate of drug-likeness (QED) is 0.182. The molecule has 0 spiro atoms. The summed E-state index contributed by atoms with van der Waals surface area (Å²) in [5.41, 5.74) is 2.56. The molecular weight excluding hydrogens is 551 g/mol. The Hall–Kier alpha value is -3.43. The lowest BCUT2D eigenvalue weighted by Gasteiger charge is -2.24. The van der Waals surface area contributed by atoms with Gasteiger partial charge in [0.05, 0.1) is 24.2 Å². The van der Waals surface area contributed by atoms with E-state index < -0.39 is 7.14 Å². The van der Waals surface area contributed by atoms with Crippen molar-refractivity contribution >= 4 is 58.8 Å². The lowest BCUT2D eigenvalue weighted by atomic mass is 10.1. The van der Waals surface area contributed by atoms with Crippen LogP contribution in [0.2, 0.25) is 5.02 Å². The summed E-state index contributed by atoms with van der Waals surface area (Å²) in [5, 5.41) is 10.2. The summed E-state index contributed by atoms with van der Waals surface area (Å²) in [6.45, 7) is 9.85. The highest BCUT2D eigenvalue weighted by atomic mass is 35.5. The topological polar surface area (TPSA) is 118 Å². The Morgan fingerprint density at radius 3 is 2.55 bits per heavy atom. The molecule has 10 nitrogen and oxygen atoms in total. The number of methoxy groups -OCH3 is 1. The first-order valence-corrected chi connectivity index (χ1v) is 15.5. The molecule has 0 saturated carbocycles. The molecule has 1 amide bonds. The Balaban J connectivity index is 1.95. The van der Waals surface area contributed by atoms with E-state index in [1.165, 1.54) is 12.3 Å². The van der Waals surface area contributed by atoms with E-state index in [0.29, 0.717) is 52.1 Å². The van der Waals surface area contributed by atoms with Gasteiger partial charge in [-0.3, -0.25) is 4.79 Å². The van der Waals surface area contributed by atoms with Crippen LogP contribution in [0.3, 0.4) is 0 Å². The highest BCUT2D eigenvalue weighted by molar-refractivity contribution is 7.70. The fraction of sp³-hybridized carbons (Fsp3) is 0.321. The molecule has 0 bridgehead atoms. The van der Waals surface area contributed by atoms with Crippen LogP contribution in [0.5, 0.6) is 5.75 Å². The largest absolute Gasteiger partial charge is 0.484 e. The molecule has 3 N–H and O–H groups in total. The van der Waals surface area contributed by atoms with Crippen LogP contribution in [0.25, 0.3) is 0 Å². The second-order valence-corrected chi connectivity index (χ2v) is 13.4. The maximum atomic E-state index is 12.8. The number of nitrogens with zero attached hydrogens (tertiary/aromatic N) is 3. The van der Waals surface area contributed by atoms with Gasteiger partial charge in [-0.1, -0.05) is 30.3 Å². The molecule has 0 fully saturated rings. The van der Waals surface area contributed by atoms with Gasteiger partial charge in [0.2, 0.25) is 11.9 Å². The second-order valence-electron chi connectivity index (χ2n) is 9.82. The van der Waals surface area contributed by atoms with Crippen LogP contribution in [0.4, 0.5) is 28.8 Å². The standard InChI is InChI=1S/C28H36ClN6O4P/c1-8-26(36)31-23-14-22(18(2)13-24(23)39-19(17-38-5)16-35(3)4)33-28-30-15-20(29)27(34-28)32-21-11-9-10-12-25(21)40(6,7)37/h8-15,19H,1,16-17H2,2-7H3,(H,31,36)(H2,30,32,33,34)/t19-/m1/s1. The summed E-state index contributed by atoms with van der Waals surface area (Å²) in [6, 6.07) is 10.9. The normalized spacial score (nSPS) is 12.1. The van der Waals surface area contributed by atoms with Crippen molar-refractivity contribution in [3.05, 3.63) is 65.8 Å². The zero-order chi connectivity index (χ0) is 29.4. The molecule has 3 rings (SSSR count). The number of carbonyl (C=O) groups excluding carboxylic acids is 1. The molecule has 0 aliphatic rings. The minimum Gasteiger partial charge on any atom is -0.484 e. The number of nitrogens with one attached hydrogen (secondary N) is 3. The third-order valence-electron chi connectivity index (χ3n) is 5.71. The lowest BCUT2D eigenvalue weighted by Crippen LogP contribution is -2.34. The molecule has 1 heterocycles. The smallest absolute Gasteiger partial charge is 0.247 e. The zero-order valence-electron chi connectivity index (χ0n) is 23.6. The van der Waals surface area contributed by atoms with Gasteiger partial charge in [0.1, 0.15) is 24.0 Å². The monoisotopic (exact) mass is 586 g/mol. The number of benzene rings is 2. The van der Waals surface area contributed by atoms with Gasteiger partial charge in [-0.15, -0.1) is 0 Å². The number of hydrogen-bond donors (Lipinski definition) is 3. The van der Waals surface area contributed by atoms with E-state index in [0.717, 1.165) is 5.56 Å². The van der Waals surface area contributed by atoms with Crippen LogP contribution < -0.4 is 26.0 Å². The third kappa shape index (κ3) is 8.53. The zero-order valence-corrected chi connectivity index (χ0v) is 25.3. The van der Waals surface area contributed by atoms with Gasteiger partial charge in [0, 0.05) is 24.6 Å².